The van der Waals surface area contributed by atoms with E-state index >= 15 is 0 Å². The normalized spacial score (nSPS) is 13.1. The Balaban J connectivity index is 1.60. The number of benzene rings is 1. The maximum absolute atomic E-state index is 13.4. The summed E-state index contributed by atoms with van der Waals surface area (Å²) in [5.74, 6) is -1.68. The third-order valence-electron chi connectivity index (χ3n) is 5.36. The van der Waals surface area contributed by atoms with Gasteiger partial charge < -0.3 is 24.4 Å². The fourth-order valence-corrected chi connectivity index (χ4v) is 3.62. The van der Waals surface area contributed by atoms with Crippen LogP contribution in [0.3, 0.4) is 0 Å². The Bertz CT molecular complexity index is 1300. The molecule has 0 aliphatic carbocycles. The van der Waals surface area contributed by atoms with Gasteiger partial charge in [0.2, 0.25) is 0 Å². The molecular weight excluding hydrogens is 502 g/mol. The number of rotatable bonds is 8. The van der Waals surface area contributed by atoms with Crippen molar-refractivity contribution in [3.63, 3.8) is 0 Å². The molecule has 1 saturated heterocycles. The molecular formula is C25H26F2N6O5. The van der Waals surface area contributed by atoms with Crippen molar-refractivity contribution in [3.05, 3.63) is 53.9 Å². The maximum Gasteiger partial charge on any atom is 0.361 e. The lowest BCUT2D eigenvalue weighted by molar-refractivity contribution is 0.0514. The largest absolute Gasteiger partial charge is 0.488 e. The van der Waals surface area contributed by atoms with Gasteiger partial charge in [-0.15, -0.1) is 0 Å². The number of carbonyl (C=O) groups excluding carboxylic acids is 2. The van der Waals surface area contributed by atoms with Crippen LogP contribution in [0.15, 0.2) is 36.5 Å². The fourth-order valence-electron chi connectivity index (χ4n) is 3.62. The van der Waals surface area contributed by atoms with Crippen LogP contribution < -0.4 is 20.3 Å². The number of esters is 1. The molecule has 1 aliphatic heterocycles. The van der Waals surface area contributed by atoms with Crippen molar-refractivity contribution in [2.75, 3.05) is 55.1 Å². The minimum Gasteiger partial charge on any atom is -0.488 e. The molecule has 3 aromatic rings. The van der Waals surface area contributed by atoms with Gasteiger partial charge in [-0.25, -0.2) is 33.3 Å². The Morgan fingerprint density at radius 3 is 2.47 bits per heavy atom. The van der Waals surface area contributed by atoms with E-state index in [0.717, 1.165) is 12.1 Å². The van der Waals surface area contributed by atoms with Crippen LogP contribution in [-0.4, -0.2) is 66.5 Å². The molecule has 1 fully saturated rings. The Labute approximate surface area is 217 Å². The molecule has 1 aromatic carbocycles. The second-order valence-corrected chi connectivity index (χ2v) is 7.94. The van der Waals surface area contributed by atoms with Crippen molar-refractivity contribution >= 4 is 29.3 Å². The lowest BCUT2D eigenvalue weighted by atomic mass is 10.2. The number of aromatic nitrogens is 3. The molecule has 2 aromatic heterocycles. The van der Waals surface area contributed by atoms with Crippen LogP contribution in [0.5, 0.6) is 5.75 Å². The molecule has 0 bridgehead atoms. The zero-order chi connectivity index (χ0) is 27.1. The monoisotopic (exact) mass is 528 g/mol. The third-order valence-corrected chi connectivity index (χ3v) is 5.36. The summed E-state index contributed by atoms with van der Waals surface area (Å²) in [5, 5.41) is 4.90. The fraction of sp³-hybridized carbons (Fsp3) is 0.320. The number of nitrogens with zero attached hydrogens (tertiary/aromatic N) is 4. The number of halogens is 2. The van der Waals surface area contributed by atoms with Crippen LogP contribution in [0.4, 0.5) is 30.9 Å². The first-order valence-corrected chi connectivity index (χ1v) is 11.9. The molecule has 0 radical (unpaired) electrons. The predicted octanol–water partition coefficient (Wildman–Crippen LogP) is 3.87. The standard InChI is InChI=1S/C25H26F2N6O5/c1-3-37-21-20(24(34)38-4-2)31-22(32-23(21)33-9-11-36-12-10-33)15-5-8-19(28-14-15)30-25(35)29-16-6-7-17(26)18(27)13-16/h5-8,13-14H,3-4,9-12H2,1-2H3,(H2,28,29,30,35). The van der Waals surface area contributed by atoms with Gasteiger partial charge >= 0.3 is 12.0 Å². The highest BCUT2D eigenvalue weighted by atomic mass is 19.2. The maximum atomic E-state index is 13.4. The quantitative estimate of drug-likeness (QED) is 0.419. The van der Waals surface area contributed by atoms with Crippen molar-refractivity contribution < 1.29 is 32.6 Å². The highest BCUT2D eigenvalue weighted by Crippen LogP contribution is 2.33. The van der Waals surface area contributed by atoms with Gasteiger partial charge in [-0.3, -0.25) is 5.32 Å². The minimum atomic E-state index is -1.08. The number of ether oxygens (including phenoxy) is 3. The van der Waals surface area contributed by atoms with Crippen molar-refractivity contribution in [2.24, 2.45) is 0 Å². The van der Waals surface area contributed by atoms with Crippen LogP contribution in [0, 0.1) is 11.6 Å². The number of anilines is 3. The van der Waals surface area contributed by atoms with Gasteiger partial charge in [-0.2, -0.15) is 0 Å². The van der Waals surface area contributed by atoms with Crippen molar-refractivity contribution in [3.8, 4) is 17.1 Å². The summed E-state index contributed by atoms with van der Waals surface area (Å²) in [4.78, 5) is 40.3. The number of pyridine rings is 1. The zero-order valence-electron chi connectivity index (χ0n) is 20.8. The van der Waals surface area contributed by atoms with Gasteiger partial charge in [0.1, 0.15) is 5.82 Å². The van der Waals surface area contributed by atoms with Gasteiger partial charge in [-0.1, -0.05) is 0 Å². The number of amides is 2. The minimum absolute atomic E-state index is 0.00620. The number of nitrogens with one attached hydrogen (secondary N) is 2. The first kappa shape index (κ1) is 26.7. The van der Waals surface area contributed by atoms with Gasteiger partial charge in [0.25, 0.3) is 0 Å². The van der Waals surface area contributed by atoms with Crippen LogP contribution in [-0.2, 0) is 9.47 Å². The Kier molecular flexibility index (Phi) is 8.58. The average molecular weight is 529 g/mol. The van der Waals surface area contributed by atoms with E-state index in [1.54, 1.807) is 19.9 Å². The van der Waals surface area contributed by atoms with E-state index in [-0.39, 0.29) is 35.4 Å². The average Bonchev–Trinajstić information content (AvgIpc) is 2.92. The molecule has 200 valence electrons. The summed E-state index contributed by atoms with van der Waals surface area (Å²) in [5.41, 5.74) is 0.538. The lowest BCUT2D eigenvalue weighted by Gasteiger charge is -2.29. The Hall–Kier alpha value is -4.39. The van der Waals surface area contributed by atoms with Crippen LogP contribution in [0.1, 0.15) is 24.3 Å². The summed E-state index contributed by atoms with van der Waals surface area (Å²) < 4.78 is 42.9. The first-order valence-electron chi connectivity index (χ1n) is 11.9. The topological polar surface area (TPSA) is 128 Å². The van der Waals surface area contributed by atoms with E-state index in [1.807, 2.05) is 4.90 Å². The SMILES string of the molecule is CCOC(=O)c1nc(-c2ccc(NC(=O)Nc3ccc(F)c(F)c3)nc2)nc(N2CCOCC2)c1OCC. The summed E-state index contributed by atoms with van der Waals surface area (Å²) in [6, 6.07) is 5.43. The third kappa shape index (κ3) is 6.29. The van der Waals surface area contributed by atoms with Gasteiger partial charge in [0.15, 0.2) is 34.7 Å². The molecule has 0 spiro atoms. The van der Waals surface area contributed by atoms with Crippen LogP contribution in [0.25, 0.3) is 11.4 Å². The summed E-state index contributed by atoms with van der Waals surface area (Å²) in [7, 11) is 0. The first-order chi connectivity index (χ1) is 18.4. The van der Waals surface area contributed by atoms with Crippen LogP contribution >= 0.6 is 0 Å². The lowest BCUT2D eigenvalue weighted by Crippen LogP contribution is -2.37. The number of carbonyl (C=O) groups is 2. The number of urea groups is 1. The van der Waals surface area contributed by atoms with Gasteiger partial charge in [0, 0.05) is 36.6 Å². The van der Waals surface area contributed by atoms with E-state index in [4.69, 9.17) is 14.2 Å². The smallest absolute Gasteiger partial charge is 0.361 e. The number of morpholine rings is 1. The Morgan fingerprint density at radius 1 is 1.03 bits per heavy atom. The second-order valence-electron chi connectivity index (χ2n) is 7.94. The van der Waals surface area contributed by atoms with Gasteiger partial charge in [0.05, 0.1) is 26.4 Å². The van der Waals surface area contributed by atoms with Crippen molar-refractivity contribution in [1.29, 1.82) is 0 Å². The summed E-state index contributed by atoms with van der Waals surface area (Å²) in [6.45, 7) is 6.03. The zero-order valence-corrected chi connectivity index (χ0v) is 20.8. The molecule has 11 nitrogen and oxygen atoms in total. The van der Waals surface area contributed by atoms with Gasteiger partial charge in [-0.05, 0) is 38.1 Å². The molecule has 0 atom stereocenters. The van der Waals surface area contributed by atoms with E-state index in [1.165, 1.54) is 18.3 Å². The highest BCUT2D eigenvalue weighted by molar-refractivity contribution is 5.99. The Morgan fingerprint density at radius 2 is 1.82 bits per heavy atom. The van der Waals surface area contributed by atoms with E-state index < -0.39 is 23.6 Å². The molecule has 0 unspecified atom stereocenters. The molecule has 38 heavy (non-hydrogen) atoms. The molecule has 0 saturated carbocycles. The molecule has 2 amide bonds. The van der Waals surface area contributed by atoms with E-state index in [0.29, 0.717) is 44.3 Å². The molecule has 2 N–H and O–H groups in total. The van der Waals surface area contributed by atoms with E-state index in [2.05, 4.69) is 25.6 Å². The predicted molar refractivity (Wildman–Crippen MR) is 134 cm³/mol. The number of hydrogen-bond acceptors (Lipinski definition) is 9. The number of hydrogen-bond donors (Lipinski definition) is 2. The molecule has 1 aliphatic rings. The molecule has 4 rings (SSSR count). The van der Waals surface area contributed by atoms with E-state index in [9.17, 15) is 18.4 Å². The highest BCUT2D eigenvalue weighted by Gasteiger charge is 2.27. The molecule has 13 heteroatoms. The van der Waals surface area contributed by atoms with Crippen LogP contribution in [0.2, 0.25) is 0 Å². The summed E-state index contributed by atoms with van der Waals surface area (Å²) >= 11 is 0. The van der Waals surface area contributed by atoms with Crippen molar-refractivity contribution in [1.82, 2.24) is 15.0 Å². The summed E-state index contributed by atoms with van der Waals surface area (Å²) in [6.07, 6.45) is 1.43. The second kappa shape index (κ2) is 12.2. The van der Waals surface area contributed by atoms with Crippen molar-refractivity contribution in [2.45, 2.75) is 13.8 Å². The molecule has 3 heterocycles.